The number of benzene rings is 3. The predicted octanol–water partition coefficient (Wildman–Crippen LogP) is 10.4. The average molecular weight is 877 g/mol. The zero-order valence-corrected chi connectivity index (χ0v) is 38.5. The fourth-order valence-corrected chi connectivity index (χ4v) is 10.3. The van der Waals surface area contributed by atoms with Crippen LogP contribution in [0, 0.1) is 23.7 Å². The molecule has 0 saturated carbocycles. The standard InChI is InChI=1S/C29H41NO4.C22H35NO4.2CH4/c1-21(2)15-24-19-30-12-11-23-16-28(31-3)29(32-4)17-25(23)26(30)18-27(24)34-14-8-13-33-20-22-9-6-5-7-10-22;1-15(2)10-17-14-23-7-6-16-11-21(25-3)22(26-4)12-18(16)19(23)13-20(17)27-9-5-8-24;;/h5-7,9-10,16-17,21,24,26-27H,8,11-15,18-20H2,1-4H3;11-12,15,17,19-20,24H,5-10,13-14H2,1-4H3;2*1H4/t24-,26-,27-;17-,19-,20-;;/m11../s1. The molecule has 10 heteroatoms. The molecule has 3 aromatic carbocycles. The zero-order valence-electron chi connectivity index (χ0n) is 38.5. The van der Waals surface area contributed by atoms with Gasteiger partial charge in [-0.15, -0.1) is 0 Å². The van der Waals surface area contributed by atoms with E-state index in [2.05, 4.69) is 86.0 Å². The van der Waals surface area contributed by atoms with Gasteiger partial charge in [0, 0.05) is 64.7 Å². The maximum absolute atomic E-state index is 9.12. The Bertz CT molecular complexity index is 1770. The fourth-order valence-electron chi connectivity index (χ4n) is 10.3. The smallest absolute Gasteiger partial charge is 0.161 e. The number of methoxy groups -OCH3 is 4. The number of hydrogen-bond acceptors (Lipinski definition) is 10. The summed E-state index contributed by atoms with van der Waals surface area (Å²) in [7, 11) is 6.83. The molecular weight excluding hydrogens is 793 g/mol. The van der Waals surface area contributed by atoms with E-state index in [0.717, 1.165) is 94.5 Å². The summed E-state index contributed by atoms with van der Waals surface area (Å²) >= 11 is 0. The molecule has 3 aromatic rings. The highest BCUT2D eigenvalue weighted by atomic mass is 16.5. The second-order valence-corrected chi connectivity index (χ2v) is 18.4. The fraction of sp³-hybridized carbons (Fsp3) is 0.660. The maximum atomic E-state index is 9.12. The van der Waals surface area contributed by atoms with Crippen molar-refractivity contribution in [3.63, 3.8) is 0 Å². The highest BCUT2D eigenvalue weighted by Crippen LogP contribution is 2.46. The highest BCUT2D eigenvalue weighted by molar-refractivity contribution is 5.50. The Morgan fingerprint density at radius 2 is 1.05 bits per heavy atom. The third-order valence-corrected chi connectivity index (χ3v) is 13.2. The van der Waals surface area contributed by atoms with Gasteiger partial charge in [-0.2, -0.15) is 0 Å². The summed E-state index contributed by atoms with van der Waals surface area (Å²) in [6, 6.07) is 19.8. The minimum atomic E-state index is 0. The number of fused-ring (bicyclic) bond motifs is 6. The molecule has 4 aliphatic rings. The van der Waals surface area contributed by atoms with Gasteiger partial charge in [0.1, 0.15) is 0 Å². The molecule has 2 saturated heterocycles. The van der Waals surface area contributed by atoms with Crippen molar-refractivity contribution in [3.8, 4) is 23.0 Å². The monoisotopic (exact) mass is 877 g/mol. The highest BCUT2D eigenvalue weighted by Gasteiger charge is 2.41. The topological polar surface area (TPSA) is 91.3 Å². The predicted molar refractivity (Wildman–Crippen MR) is 256 cm³/mol. The van der Waals surface area contributed by atoms with E-state index in [-0.39, 0.29) is 33.7 Å². The van der Waals surface area contributed by atoms with Crippen LogP contribution in [-0.4, -0.2) is 108 Å². The van der Waals surface area contributed by atoms with Gasteiger partial charge < -0.3 is 38.3 Å². The van der Waals surface area contributed by atoms with Crippen LogP contribution in [0.5, 0.6) is 23.0 Å². The minimum absolute atomic E-state index is 0. The molecule has 2 fully saturated rings. The van der Waals surface area contributed by atoms with Crippen molar-refractivity contribution in [3.05, 3.63) is 82.4 Å². The summed E-state index contributed by atoms with van der Waals surface area (Å²) in [4.78, 5) is 5.30. The summed E-state index contributed by atoms with van der Waals surface area (Å²) in [6.07, 6.45) is 8.70. The van der Waals surface area contributed by atoms with E-state index >= 15 is 0 Å². The van der Waals surface area contributed by atoms with Gasteiger partial charge in [0.25, 0.3) is 0 Å². The lowest BCUT2D eigenvalue weighted by molar-refractivity contribution is -0.0682. The van der Waals surface area contributed by atoms with Gasteiger partial charge in [0.15, 0.2) is 23.0 Å². The number of hydrogen-bond donors (Lipinski definition) is 1. The number of aliphatic hydroxyl groups is 1. The molecule has 10 nitrogen and oxygen atoms in total. The van der Waals surface area contributed by atoms with Crippen LogP contribution in [0.4, 0.5) is 0 Å². The Kier molecular flexibility index (Phi) is 21.5. The van der Waals surface area contributed by atoms with Crippen LogP contribution < -0.4 is 18.9 Å². The van der Waals surface area contributed by atoms with Gasteiger partial charge in [-0.3, -0.25) is 9.80 Å². The van der Waals surface area contributed by atoms with Gasteiger partial charge in [0.2, 0.25) is 0 Å². The first kappa shape index (κ1) is 52.2. The molecule has 0 radical (unpaired) electrons. The van der Waals surface area contributed by atoms with Gasteiger partial charge in [-0.25, -0.2) is 0 Å². The Morgan fingerprint density at radius 3 is 1.48 bits per heavy atom. The first-order valence-corrected chi connectivity index (χ1v) is 23.1. The molecule has 1 N–H and O–H groups in total. The van der Waals surface area contributed by atoms with Crippen molar-refractivity contribution >= 4 is 0 Å². The summed E-state index contributed by atoms with van der Waals surface area (Å²) in [5, 5.41) is 9.12. The molecule has 0 unspecified atom stereocenters. The first-order valence-electron chi connectivity index (χ1n) is 23.1. The Balaban J connectivity index is 0.000000275. The molecule has 0 aromatic heterocycles. The van der Waals surface area contributed by atoms with Crippen molar-refractivity contribution in [1.29, 1.82) is 0 Å². The van der Waals surface area contributed by atoms with E-state index in [1.54, 1.807) is 28.4 Å². The molecule has 354 valence electrons. The molecule has 4 aliphatic heterocycles. The summed E-state index contributed by atoms with van der Waals surface area (Å²) in [5.74, 6) is 5.73. The molecule has 4 heterocycles. The summed E-state index contributed by atoms with van der Waals surface area (Å²) in [5.41, 5.74) is 6.71. The van der Waals surface area contributed by atoms with E-state index < -0.39 is 0 Å². The molecule has 0 spiro atoms. The van der Waals surface area contributed by atoms with E-state index in [9.17, 15) is 0 Å². The Labute approximate surface area is 381 Å². The molecule has 0 aliphatic carbocycles. The molecule has 6 atom stereocenters. The summed E-state index contributed by atoms with van der Waals surface area (Å²) in [6.45, 7) is 16.6. The molecule has 63 heavy (non-hydrogen) atoms. The number of rotatable bonds is 19. The first-order chi connectivity index (χ1) is 29.7. The molecular formula is C53H84N2O8. The number of nitrogens with zero attached hydrogens (tertiary/aromatic N) is 2. The number of piperidine rings is 2. The van der Waals surface area contributed by atoms with Crippen LogP contribution in [0.15, 0.2) is 54.6 Å². The number of aliphatic hydroxyl groups excluding tert-OH is 1. The average Bonchev–Trinajstić information content (AvgIpc) is 3.26. The van der Waals surface area contributed by atoms with Crippen LogP contribution in [0.25, 0.3) is 0 Å². The lowest BCUT2D eigenvalue weighted by atomic mass is 9.79. The molecule has 0 amide bonds. The van der Waals surface area contributed by atoms with Crippen LogP contribution in [0.1, 0.15) is 121 Å². The maximum Gasteiger partial charge on any atom is 0.161 e. The van der Waals surface area contributed by atoms with Crippen molar-refractivity contribution < 1.29 is 38.3 Å². The van der Waals surface area contributed by atoms with Crippen LogP contribution >= 0.6 is 0 Å². The van der Waals surface area contributed by atoms with Crippen LogP contribution in [0.2, 0.25) is 0 Å². The van der Waals surface area contributed by atoms with Crippen molar-refractivity contribution in [1.82, 2.24) is 9.80 Å². The van der Waals surface area contributed by atoms with E-state index in [1.165, 1.54) is 40.7 Å². The van der Waals surface area contributed by atoms with Gasteiger partial charge >= 0.3 is 0 Å². The van der Waals surface area contributed by atoms with Crippen molar-refractivity contribution in [2.45, 2.75) is 125 Å². The third-order valence-electron chi connectivity index (χ3n) is 13.2. The molecule has 0 bridgehead atoms. The Hall–Kier alpha value is -3.38. The molecule has 7 rings (SSSR count). The van der Waals surface area contributed by atoms with Crippen molar-refractivity contribution in [2.24, 2.45) is 23.7 Å². The largest absolute Gasteiger partial charge is 0.493 e. The number of ether oxygens (including phenoxy) is 7. The quantitative estimate of drug-likeness (QED) is 0.117. The van der Waals surface area contributed by atoms with Crippen molar-refractivity contribution in [2.75, 3.05) is 81.0 Å². The normalized spacial score (nSPS) is 22.8. The second kappa shape index (κ2) is 25.9. The summed E-state index contributed by atoms with van der Waals surface area (Å²) < 4.78 is 40.9. The lowest BCUT2D eigenvalue weighted by Crippen LogP contribution is -2.49. The minimum Gasteiger partial charge on any atom is -0.493 e. The van der Waals surface area contributed by atoms with Crippen LogP contribution in [0.3, 0.4) is 0 Å². The SMILES string of the molecule is C.C.COc1cc2c(cc1OC)[C@H]1C[C@@H](OCCCO)[C@H](CC(C)C)CN1CC2.COc1cc2c(cc1OC)[C@H]1C[C@@H](OCCCOCc3ccccc3)[C@H](CC(C)C)CN1CC2. The van der Waals surface area contributed by atoms with E-state index in [1.807, 2.05) is 6.07 Å². The zero-order chi connectivity index (χ0) is 43.3. The van der Waals surface area contributed by atoms with E-state index in [0.29, 0.717) is 55.4 Å². The van der Waals surface area contributed by atoms with Gasteiger partial charge in [0.05, 0.1) is 47.3 Å². The lowest BCUT2D eigenvalue weighted by Gasteiger charge is -2.47. The van der Waals surface area contributed by atoms with Gasteiger partial charge in [-0.05, 0) is 127 Å². The Morgan fingerprint density at radius 1 is 0.603 bits per heavy atom. The van der Waals surface area contributed by atoms with E-state index in [4.69, 9.17) is 38.3 Å². The second-order valence-electron chi connectivity index (χ2n) is 18.4. The van der Waals surface area contributed by atoms with Gasteiger partial charge in [-0.1, -0.05) is 72.9 Å². The van der Waals surface area contributed by atoms with Crippen LogP contribution in [-0.2, 0) is 33.7 Å². The third kappa shape index (κ3) is 13.8.